The van der Waals surface area contributed by atoms with Crippen LogP contribution in [0, 0.1) is 5.82 Å². The van der Waals surface area contributed by atoms with Crippen LogP contribution in [0.3, 0.4) is 0 Å². The molecule has 80 valence electrons. The maximum atomic E-state index is 13.0. The van der Waals surface area contributed by atoms with E-state index in [0.29, 0.717) is 24.5 Å². The molecule has 0 unspecified atom stereocenters. The van der Waals surface area contributed by atoms with Crippen molar-refractivity contribution < 1.29 is 13.9 Å². The Bertz CT molecular complexity index is 395. The molecule has 1 aromatic rings. The molecule has 2 rings (SSSR count). The van der Waals surface area contributed by atoms with Gasteiger partial charge in [0.15, 0.2) is 6.61 Å². The van der Waals surface area contributed by atoms with E-state index >= 15 is 0 Å². The minimum absolute atomic E-state index is 0.0152. The lowest BCUT2D eigenvalue weighted by molar-refractivity contribution is -0.121. The second-order valence-corrected chi connectivity index (χ2v) is 3.23. The van der Waals surface area contributed by atoms with Gasteiger partial charge in [-0.2, -0.15) is 0 Å². The van der Waals surface area contributed by atoms with Gasteiger partial charge in [0.1, 0.15) is 11.6 Å². The minimum Gasteiger partial charge on any atom is -0.482 e. The van der Waals surface area contributed by atoms with Crippen molar-refractivity contribution >= 4 is 11.6 Å². The van der Waals surface area contributed by atoms with E-state index in [1.165, 1.54) is 23.1 Å². The van der Waals surface area contributed by atoms with Crippen LogP contribution in [0.4, 0.5) is 10.1 Å². The van der Waals surface area contributed by atoms with E-state index < -0.39 is 5.82 Å². The number of hydrogen-bond donors (Lipinski definition) is 1. The lowest BCUT2D eigenvalue weighted by Crippen LogP contribution is -2.41. The first-order chi connectivity index (χ1) is 7.22. The van der Waals surface area contributed by atoms with Gasteiger partial charge >= 0.3 is 0 Å². The van der Waals surface area contributed by atoms with Crippen molar-refractivity contribution in [3.05, 3.63) is 24.0 Å². The highest BCUT2D eigenvalue weighted by molar-refractivity contribution is 5.97. The number of rotatable bonds is 2. The highest BCUT2D eigenvalue weighted by Gasteiger charge is 2.24. The molecule has 1 aliphatic rings. The zero-order valence-corrected chi connectivity index (χ0v) is 8.07. The number of amides is 1. The molecule has 1 aliphatic heterocycles. The topological polar surface area (TPSA) is 55.6 Å². The molecule has 0 spiro atoms. The van der Waals surface area contributed by atoms with E-state index in [1.54, 1.807) is 0 Å². The van der Waals surface area contributed by atoms with Crippen molar-refractivity contribution in [2.45, 2.75) is 0 Å². The van der Waals surface area contributed by atoms with Crippen molar-refractivity contribution in [1.82, 2.24) is 0 Å². The number of benzene rings is 1. The minimum atomic E-state index is -0.394. The van der Waals surface area contributed by atoms with Gasteiger partial charge in [0.2, 0.25) is 0 Å². The Morgan fingerprint density at radius 1 is 1.53 bits per heavy atom. The summed E-state index contributed by atoms with van der Waals surface area (Å²) in [6.45, 7) is 0.693. The monoisotopic (exact) mass is 210 g/mol. The van der Waals surface area contributed by atoms with E-state index in [1.807, 2.05) is 0 Å². The molecule has 0 aromatic heterocycles. The lowest BCUT2D eigenvalue weighted by atomic mass is 10.2. The summed E-state index contributed by atoms with van der Waals surface area (Å²) in [4.78, 5) is 12.9. The third-order valence-corrected chi connectivity index (χ3v) is 2.22. The maximum absolute atomic E-state index is 13.0. The van der Waals surface area contributed by atoms with Crippen LogP contribution in [0.2, 0.25) is 0 Å². The van der Waals surface area contributed by atoms with Gasteiger partial charge in [0.25, 0.3) is 5.91 Å². The number of carbonyl (C=O) groups excluding carboxylic acids is 1. The first kappa shape index (κ1) is 9.92. The summed E-state index contributed by atoms with van der Waals surface area (Å²) in [7, 11) is 0. The fourth-order valence-corrected chi connectivity index (χ4v) is 1.55. The summed E-state index contributed by atoms with van der Waals surface area (Å²) in [5.41, 5.74) is 5.84. The Morgan fingerprint density at radius 2 is 2.33 bits per heavy atom. The largest absolute Gasteiger partial charge is 0.482 e. The lowest BCUT2D eigenvalue weighted by Gasteiger charge is -2.28. The Labute approximate surface area is 86.4 Å². The molecule has 0 aliphatic carbocycles. The third-order valence-electron chi connectivity index (χ3n) is 2.22. The van der Waals surface area contributed by atoms with Gasteiger partial charge in [-0.3, -0.25) is 4.79 Å². The van der Waals surface area contributed by atoms with Gasteiger partial charge in [0.05, 0.1) is 5.69 Å². The van der Waals surface area contributed by atoms with Crippen molar-refractivity contribution in [3.63, 3.8) is 0 Å². The number of fused-ring (bicyclic) bond motifs is 1. The molecule has 1 aromatic carbocycles. The summed E-state index contributed by atoms with van der Waals surface area (Å²) in [5.74, 6) is -0.0722. The molecular weight excluding hydrogens is 199 g/mol. The summed E-state index contributed by atoms with van der Waals surface area (Å²) in [5, 5.41) is 0. The fourth-order valence-electron chi connectivity index (χ4n) is 1.55. The van der Waals surface area contributed by atoms with E-state index in [0.717, 1.165) is 0 Å². The number of ether oxygens (including phenoxy) is 1. The fraction of sp³-hybridized carbons (Fsp3) is 0.300. The van der Waals surface area contributed by atoms with Crippen LogP contribution >= 0.6 is 0 Å². The summed E-state index contributed by atoms with van der Waals surface area (Å²) in [6, 6.07) is 4.10. The van der Waals surface area contributed by atoms with E-state index in [-0.39, 0.29) is 12.5 Å². The molecular formula is C10H11FN2O2. The number of nitrogens with two attached hydrogens (primary N) is 1. The Morgan fingerprint density at radius 3 is 3.07 bits per heavy atom. The molecule has 0 bridgehead atoms. The van der Waals surface area contributed by atoms with Crippen LogP contribution in [0.25, 0.3) is 0 Å². The average molecular weight is 210 g/mol. The first-order valence-corrected chi connectivity index (χ1v) is 4.65. The van der Waals surface area contributed by atoms with Gasteiger partial charge in [-0.25, -0.2) is 4.39 Å². The molecule has 2 N–H and O–H groups in total. The van der Waals surface area contributed by atoms with Crippen LogP contribution in [0.1, 0.15) is 0 Å². The van der Waals surface area contributed by atoms with E-state index in [4.69, 9.17) is 10.5 Å². The van der Waals surface area contributed by atoms with Crippen molar-refractivity contribution in [3.8, 4) is 5.75 Å². The molecule has 5 heteroatoms. The second-order valence-electron chi connectivity index (χ2n) is 3.23. The number of hydrogen-bond acceptors (Lipinski definition) is 3. The predicted octanol–water partition coefficient (Wildman–Crippen LogP) is 0.510. The SMILES string of the molecule is NCCN1C(=O)COc2ccc(F)cc21. The number of nitrogens with zero attached hydrogens (tertiary/aromatic N) is 1. The normalized spacial score (nSPS) is 14.8. The smallest absolute Gasteiger partial charge is 0.265 e. The second kappa shape index (κ2) is 3.86. The van der Waals surface area contributed by atoms with Gasteiger partial charge in [-0.1, -0.05) is 0 Å². The molecule has 0 radical (unpaired) electrons. The van der Waals surface area contributed by atoms with Crippen molar-refractivity contribution in [2.75, 3.05) is 24.6 Å². The van der Waals surface area contributed by atoms with Gasteiger partial charge in [-0.05, 0) is 12.1 Å². The molecule has 0 saturated heterocycles. The van der Waals surface area contributed by atoms with Crippen LogP contribution in [0.15, 0.2) is 18.2 Å². The van der Waals surface area contributed by atoms with Gasteiger partial charge < -0.3 is 15.4 Å². The van der Waals surface area contributed by atoms with Crippen LogP contribution < -0.4 is 15.4 Å². The van der Waals surface area contributed by atoms with Crippen molar-refractivity contribution in [2.24, 2.45) is 5.73 Å². The molecule has 0 fully saturated rings. The van der Waals surface area contributed by atoms with Gasteiger partial charge in [0, 0.05) is 19.2 Å². The first-order valence-electron chi connectivity index (χ1n) is 4.65. The van der Waals surface area contributed by atoms with E-state index in [9.17, 15) is 9.18 Å². The Kier molecular flexibility index (Phi) is 2.55. The summed E-state index contributed by atoms with van der Waals surface area (Å²) >= 11 is 0. The van der Waals surface area contributed by atoms with Crippen molar-refractivity contribution in [1.29, 1.82) is 0 Å². The summed E-state index contributed by atoms with van der Waals surface area (Å²) < 4.78 is 18.2. The zero-order valence-electron chi connectivity index (χ0n) is 8.07. The summed E-state index contributed by atoms with van der Waals surface area (Å²) in [6.07, 6.45) is 0. The third kappa shape index (κ3) is 1.78. The number of halogens is 1. The standard InChI is InChI=1S/C10H11FN2O2/c11-7-1-2-9-8(5-7)13(4-3-12)10(14)6-15-9/h1-2,5H,3-4,6,12H2. The molecule has 0 saturated carbocycles. The number of anilines is 1. The predicted molar refractivity (Wildman–Crippen MR) is 53.3 cm³/mol. The average Bonchev–Trinajstić information content (AvgIpc) is 2.23. The van der Waals surface area contributed by atoms with Crippen LogP contribution in [0.5, 0.6) is 5.75 Å². The molecule has 0 atom stereocenters. The van der Waals surface area contributed by atoms with Gasteiger partial charge in [-0.15, -0.1) is 0 Å². The quantitative estimate of drug-likeness (QED) is 0.773. The maximum Gasteiger partial charge on any atom is 0.265 e. The zero-order chi connectivity index (χ0) is 10.8. The highest BCUT2D eigenvalue weighted by atomic mass is 19.1. The molecule has 1 amide bonds. The Hall–Kier alpha value is -1.62. The number of carbonyl (C=O) groups is 1. The molecule has 1 heterocycles. The molecule has 4 nitrogen and oxygen atoms in total. The molecule has 15 heavy (non-hydrogen) atoms. The highest BCUT2D eigenvalue weighted by Crippen LogP contribution is 2.32. The van der Waals surface area contributed by atoms with E-state index in [2.05, 4.69) is 0 Å². The van der Waals surface area contributed by atoms with Crippen LogP contribution in [-0.2, 0) is 4.79 Å². The van der Waals surface area contributed by atoms with Crippen LogP contribution in [-0.4, -0.2) is 25.6 Å². The Balaban J connectivity index is 2.41.